The van der Waals surface area contributed by atoms with E-state index >= 15 is 0 Å². The summed E-state index contributed by atoms with van der Waals surface area (Å²) in [7, 11) is 0. The minimum atomic E-state index is -0.453. The van der Waals surface area contributed by atoms with Crippen LogP contribution in [-0.4, -0.2) is 25.0 Å². The van der Waals surface area contributed by atoms with Crippen molar-refractivity contribution in [3.63, 3.8) is 0 Å². The highest BCUT2D eigenvalue weighted by Gasteiger charge is 2.43. The number of carbonyl (C=O) groups excluding carboxylic acids is 1. The molecule has 3 rings (SSSR count). The van der Waals surface area contributed by atoms with Gasteiger partial charge in [0.05, 0.1) is 5.41 Å². The van der Waals surface area contributed by atoms with Gasteiger partial charge in [0.25, 0.3) is 0 Å². The Bertz CT molecular complexity index is 494. The van der Waals surface area contributed by atoms with E-state index in [2.05, 4.69) is 10.6 Å². The molecule has 0 bridgehead atoms. The minimum absolute atomic E-state index is 0. The zero-order valence-electron chi connectivity index (χ0n) is 12.7. The third-order valence-corrected chi connectivity index (χ3v) is 4.92. The molecule has 1 aliphatic carbocycles. The number of benzene rings is 1. The molecule has 0 radical (unpaired) electrons. The fourth-order valence-corrected chi connectivity index (χ4v) is 3.69. The first-order chi connectivity index (χ1) is 10.2. The Balaban J connectivity index is 0.00000176. The van der Waals surface area contributed by atoms with Crippen molar-refractivity contribution < 1.29 is 9.18 Å². The van der Waals surface area contributed by atoms with Gasteiger partial charge >= 0.3 is 0 Å². The Morgan fingerprint density at radius 1 is 1.18 bits per heavy atom. The van der Waals surface area contributed by atoms with Gasteiger partial charge < -0.3 is 10.6 Å². The molecule has 1 aromatic carbocycles. The molecular weight excluding hydrogens is 303 g/mol. The van der Waals surface area contributed by atoms with Crippen LogP contribution in [0.5, 0.6) is 0 Å². The van der Waals surface area contributed by atoms with Gasteiger partial charge in [-0.1, -0.05) is 25.0 Å². The molecular formula is C17H24ClFN2O. The van der Waals surface area contributed by atoms with Crippen LogP contribution in [0.3, 0.4) is 0 Å². The molecule has 1 heterocycles. The lowest BCUT2D eigenvalue weighted by Crippen LogP contribution is -2.51. The number of halogens is 2. The van der Waals surface area contributed by atoms with Crippen LogP contribution in [-0.2, 0) is 10.2 Å². The lowest BCUT2D eigenvalue weighted by atomic mass is 9.77. The number of hydrogen-bond acceptors (Lipinski definition) is 2. The van der Waals surface area contributed by atoms with Gasteiger partial charge in [-0.25, -0.2) is 4.39 Å². The van der Waals surface area contributed by atoms with Gasteiger partial charge in [0.1, 0.15) is 5.82 Å². The van der Waals surface area contributed by atoms with E-state index in [0.29, 0.717) is 0 Å². The van der Waals surface area contributed by atoms with Crippen molar-refractivity contribution in [2.75, 3.05) is 13.1 Å². The Kier molecular flexibility index (Phi) is 5.81. The molecule has 1 aliphatic heterocycles. The van der Waals surface area contributed by atoms with Gasteiger partial charge in [-0.2, -0.15) is 0 Å². The minimum Gasteiger partial charge on any atom is -0.351 e. The molecule has 1 unspecified atom stereocenters. The lowest BCUT2D eigenvalue weighted by Gasteiger charge is -2.32. The molecule has 0 spiro atoms. The van der Waals surface area contributed by atoms with Crippen molar-refractivity contribution in [2.45, 2.75) is 50.0 Å². The van der Waals surface area contributed by atoms with E-state index in [-0.39, 0.29) is 30.2 Å². The van der Waals surface area contributed by atoms with Crippen LogP contribution >= 0.6 is 12.4 Å². The smallest absolute Gasteiger partial charge is 0.230 e. The third-order valence-electron chi connectivity index (χ3n) is 4.92. The summed E-state index contributed by atoms with van der Waals surface area (Å²) < 4.78 is 13.2. The number of nitrogens with one attached hydrogen (secondary N) is 2. The number of piperidine rings is 1. The van der Waals surface area contributed by atoms with Crippen LogP contribution in [0.1, 0.15) is 44.1 Å². The van der Waals surface area contributed by atoms with Crippen LogP contribution in [0.4, 0.5) is 4.39 Å². The molecule has 1 saturated carbocycles. The zero-order chi connectivity index (χ0) is 14.7. The molecule has 1 aromatic rings. The highest BCUT2D eigenvalue weighted by atomic mass is 35.5. The quantitative estimate of drug-likeness (QED) is 0.896. The first kappa shape index (κ1) is 17.2. The Labute approximate surface area is 137 Å². The van der Waals surface area contributed by atoms with Crippen molar-refractivity contribution in [3.05, 3.63) is 35.6 Å². The maximum Gasteiger partial charge on any atom is 0.230 e. The van der Waals surface area contributed by atoms with Crippen LogP contribution in [0.15, 0.2) is 24.3 Å². The lowest BCUT2D eigenvalue weighted by molar-refractivity contribution is -0.127. The summed E-state index contributed by atoms with van der Waals surface area (Å²) in [5.41, 5.74) is 0.508. The van der Waals surface area contributed by atoms with E-state index in [1.807, 2.05) is 0 Å². The summed E-state index contributed by atoms with van der Waals surface area (Å²) in [4.78, 5) is 12.9. The molecule has 2 fully saturated rings. The van der Waals surface area contributed by atoms with Crippen molar-refractivity contribution in [1.29, 1.82) is 0 Å². The summed E-state index contributed by atoms with van der Waals surface area (Å²) in [5, 5.41) is 6.55. The summed E-state index contributed by atoms with van der Waals surface area (Å²) in [6.07, 6.45) is 6.00. The molecule has 2 aliphatic rings. The Morgan fingerprint density at radius 2 is 1.86 bits per heavy atom. The molecule has 5 heteroatoms. The van der Waals surface area contributed by atoms with E-state index in [1.54, 1.807) is 12.1 Å². The molecule has 1 amide bonds. The number of carbonyl (C=O) groups is 1. The van der Waals surface area contributed by atoms with Crippen LogP contribution < -0.4 is 10.6 Å². The van der Waals surface area contributed by atoms with Gasteiger partial charge in [-0.15, -0.1) is 12.4 Å². The average molecular weight is 327 g/mol. The maximum atomic E-state index is 13.2. The topological polar surface area (TPSA) is 41.1 Å². The highest BCUT2D eigenvalue weighted by Crippen LogP contribution is 2.41. The first-order valence-electron chi connectivity index (χ1n) is 7.98. The van der Waals surface area contributed by atoms with Gasteiger partial charge in [-0.3, -0.25) is 4.79 Å². The molecule has 1 atom stereocenters. The predicted octanol–water partition coefficient (Wildman–Crippen LogP) is 2.93. The zero-order valence-corrected chi connectivity index (χ0v) is 13.6. The fraction of sp³-hybridized carbons (Fsp3) is 0.588. The van der Waals surface area contributed by atoms with Crippen LogP contribution in [0.25, 0.3) is 0 Å². The summed E-state index contributed by atoms with van der Waals surface area (Å²) >= 11 is 0. The van der Waals surface area contributed by atoms with Crippen LogP contribution in [0, 0.1) is 5.82 Å². The number of amides is 1. The summed E-state index contributed by atoms with van der Waals surface area (Å²) in [6, 6.07) is 6.71. The second-order valence-electron chi connectivity index (χ2n) is 6.31. The average Bonchev–Trinajstić information content (AvgIpc) is 3.00. The van der Waals surface area contributed by atoms with E-state index in [0.717, 1.165) is 57.2 Å². The van der Waals surface area contributed by atoms with E-state index in [1.165, 1.54) is 12.1 Å². The molecule has 2 N–H and O–H groups in total. The summed E-state index contributed by atoms with van der Waals surface area (Å²) in [5.74, 6) is -0.121. The maximum absolute atomic E-state index is 13.2. The predicted molar refractivity (Wildman–Crippen MR) is 87.8 cm³/mol. The Hall–Kier alpha value is -1.13. The normalized spacial score (nSPS) is 23.6. The Morgan fingerprint density at radius 3 is 2.45 bits per heavy atom. The second-order valence-corrected chi connectivity index (χ2v) is 6.31. The van der Waals surface area contributed by atoms with Crippen LogP contribution in [0.2, 0.25) is 0 Å². The van der Waals surface area contributed by atoms with Crippen molar-refractivity contribution in [1.82, 2.24) is 10.6 Å². The second kappa shape index (κ2) is 7.42. The SMILES string of the molecule is Cl.O=C(NC1CCCNC1)C1(c2ccc(F)cc2)CCCC1. The van der Waals surface area contributed by atoms with E-state index in [4.69, 9.17) is 0 Å². The summed E-state index contributed by atoms with van der Waals surface area (Å²) in [6.45, 7) is 1.89. The van der Waals surface area contributed by atoms with E-state index < -0.39 is 5.41 Å². The van der Waals surface area contributed by atoms with Gasteiger partial charge in [-0.05, 0) is 49.9 Å². The van der Waals surface area contributed by atoms with Crippen molar-refractivity contribution in [2.24, 2.45) is 0 Å². The van der Waals surface area contributed by atoms with Gasteiger partial charge in [0, 0.05) is 12.6 Å². The van der Waals surface area contributed by atoms with Gasteiger partial charge in [0.2, 0.25) is 5.91 Å². The van der Waals surface area contributed by atoms with Crippen molar-refractivity contribution >= 4 is 18.3 Å². The third kappa shape index (κ3) is 3.44. The first-order valence-corrected chi connectivity index (χ1v) is 7.98. The van der Waals surface area contributed by atoms with Crippen molar-refractivity contribution in [3.8, 4) is 0 Å². The highest BCUT2D eigenvalue weighted by molar-refractivity contribution is 5.88. The van der Waals surface area contributed by atoms with Gasteiger partial charge in [0.15, 0.2) is 0 Å². The largest absolute Gasteiger partial charge is 0.351 e. The van der Waals surface area contributed by atoms with E-state index in [9.17, 15) is 9.18 Å². The fourth-order valence-electron chi connectivity index (χ4n) is 3.69. The number of rotatable bonds is 3. The standard InChI is InChI=1S/C17H23FN2O.ClH/c18-14-7-5-13(6-8-14)17(9-1-2-10-17)16(21)20-15-4-3-11-19-12-15;/h5-8,15,19H,1-4,9-12H2,(H,20,21);1H. The molecule has 3 nitrogen and oxygen atoms in total. The molecule has 122 valence electrons. The molecule has 22 heavy (non-hydrogen) atoms. The number of hydrogen-bond donors (Lipinski definition) is 2. The monoisotopic (exact) mass is 326 g/mol. The molecule has 0 aromatic heterocycles. The molecule has 1 saturated heterocycles.